The number of nitro benzene ring substituents is 1. The van der Waals surface area contributed by atoms with Gasteiger partial charge in [-0.15, -0.1) is 0 Å². The molecule has 0 aromatic heterocycles. The van der Waals surface area contributed by atoms with Crippen LogP contribution in [0.4, 0.5) is 5.69 Å². The molecule has 2 aliphatic rings. The topological polar surface area (TPSA) is 116 Å². The summed E-state index contributed by atoms with van der Waals surface area (Å²) in [5.74, 6) is -1.03. The summed E-state index contributed by atoms with van der Waals surface area (Å²) in [7, 11) is 0. The highest BCUT2D eigenvalue weighted by atomic mass is 16.6. The van der Waals surface area contributed by atoms with Gasteiger partial charge < -0.3 is 14.6 Å². The van der Waals surface area contributed by atoms with Crippen molar-refractivity contribution < 1.29 is 29.1 Å². The summed E-state index contributed by atoms with van der Waals surface area (Å²) in [6.07, 6.45) is 6.39. The summed E-state index contributed by atoms with van der Waals surface area (Å²) >= 11 is 0. The number of hydrogen-bond acceptors (Lipinski definition) is 7. The molecule has 1 atom stereocenters. The number of ether oxygens (including phenoxy) is 2. The van der Waals surface area contributed by atoms with Crippen molar-refractivity contribution in [3.63, 3.8) is 0 Å². The fourth-order valence-corrected chi connectivity index (χ4v) is 3.59. The van der Waals surface area contributed by atoms with Crippen LogP contribution in [0.15, 0.2) is 29.8 Å². The van der Waals surface area contributed by atoms with E-state index >= 15 is 0 Å². The highest BCUT2D eigenvalue weighted by Gasteiger charge is 2.45. The quantitative estimate of drug-likeness (QED) is 0.344. The lowest BCUT2D eigenvalue weighted by atomic mass is 9.89. The van der Waals surface area contributed by atoms with E-state index in [1.807, 2.05) is 0 Å². The number of benzene rings is 1. The number of aliphatic hydroxyl groups is 1. The number of cyclic esters (lactones) is 1. The van der Waals surface area contributed by atoms with Crippen LogP contribution < -0.4 is 0 Å². The SMILES string of the molecule is O=C1OC(CO)(COC(=O)C2CCCCC2)C/C1=C\c1ccc([N+](=O)[O-])cc1. The molecule has 1 aromatic rings. The number of nitro groups is 1. The van der Waals surface area contributed by atoms with Crippen molar-refractivity contribution in [3.8, 4) is 0 Å². The Bertz CT molecular complexity index is 780. The van der Waals surface area contributed by atoms with Crippen molar-refractivity contribution in [2.24, 2.45) is 5.92 Å². The van der Waals surface area contributed by atoms with Gasteiger partial charge in [0.25, 0.3) is 5.69 Å². The van der Waals surface area contributed by atoms with Crippen LogP contribution in [0.1, 0.15) is 44.1 Å². The summed E-state index contributed by atoms with van der Waals surface area (Å²) < 4.78 is 10.7. The molecule has 1 aromatic carbocycles. The number of carbonyl (C=O) groups excluding carboxylic acids is 2. The van der Waals surface area contributed by atoms with E-state index in [1.54, 1.807) is 6.08 Å². The van der Waals surface area contributed by atoms with E-state index < -0.39 is 23.1 Å². The summed E-state index contributed by atoms with van der Waals surface area (Å²) in [4.78, 5) is 34.7. The van der Waals surface area contributed by atoms with Gasteiger partial charge in [-0.25, -0.2) is 4.79 Å². The molecule has 1 N–H and O–H groups in total. The third kappa shape index (κ3) is 4.56. The van der Waals surface area contributed by atoms with Gasteiger partial charge >= 0.3 is 11.9 Å². The van der Waals surface area contributed by atoms with Crippen LogP contribution in [0.2, 0.25) is 0 Å². The molecule has 0 radical (unpaired) electrons. The molecule has 0 bridgehead atoms. The first-order valence-electron chi connectivity index (χ1n) is 9.38. The zero-order chi connectivity index (χ0) is 20.1. The normalized spacial score (nSPS) is 24.2. The Kier molecular flexibility index (Phi) is 6.08. The van der Waals surface area contributed by atoms with E-state index in [2.05, 4.69) is 0 Å². The number of nitrogens with zero attached hydrogens (tertiary/aromatic N) is 1. The average molecular weight is 389 g/mol. The van der Waals surface area contributed by atoms with Crippen molar-refractivity contribution in [2.45, 2.75) is 44.1 Å². The van der Waals surface area contributed by atoms with Gasteiger partial charge in [0, 0.05) is 24.1 Å². The van der Waals surface area contributed by atoms with E-state index in [4.69, 9.17) is 9.47 Å². The largest absolute Gasteiger partial charge is 0.461 e. The minimum Gasteiger partial charge on any atom is -0.461 e. The molecule has 2 fully saturated rings. The van der Waals surface area contributed by atoms with E-state index in [1.165, 1.54) is 24.3 Å². The molecule has 1 saturated carbocycles. The number of rotatable bonds is 6. The lowest BCUT2D eigenvalue weighted by Crippen LogP contribution is -2.40. The predicted molar refractivity (Wildman–Crippen MR) is 99.1 cm³/mol. The van der Waals surface area contributed by atoms with Crippen LogP contribution in [0.5, 0.6) is 0 Å². The third-order valence-corrected chi connectivity index (χ3v) is 5.23. The van der Waals surface area contributed by atoms with E-state index in [9.17, 15) is 24.8 Å². The highest BCUT2D eigenvalue weighted by Crippen LogP contribution is 2.33. The molecular formula is C20H23NO7. The van der Waals surface area contributed by atoms with Crippen molar-refractivity contribution in [1.29, 1.82) is 0 Å². The summed E-state index contributed by atoms with van der Waals surface area (Å²) in [6, 6.07) is 5.75. The molecule has 1 heterocycles. The Morgan fingerprint density at radius 3 is 2.57 bits per heavy atom. The molecule has 1 aliphatic heterocycles. The van der Waals surface area contributed by atoms with Crippen LogP contribution in [0.25, 0.3) is 6.08 Å². The minimum atomic E-state index is -1.28. The van der Waals surface area contributed by atoms with Crippen LogP contribution in [0, 0.1) is 16.0 Å². The zero-order valence-corrected chi connectivity index (χ0v) is 15.5. The number of aliphatic hydroxyl groups excluding tert-OH is 1. The molecule has 0 spiro atoms. The van der Waals surface area contributed by atoms with E-state index in [-0.39, 0.29) is 30.6 Å². The standard InChI is InChI=1S/C20H23NO7/c22-12-20(13-27-18(23)15-4-2-1-3-5-15)11-16(19(24)28-20)10-14-6-8-17(9-7-14)21(25)26/h6-10,15,22H,1-5,11-13H2/b16-10+. The van der Waals surface area contributed by atoms with Crippen molar-refractivity contribution in [3.05, 3.63) is 45.5 Å². The Labute approximate surface area is 162 Å². The second-order valence-electron chi connectivity index (χ2n) is 7.37. The van der Waals surface area contributed by atoms with Crippen molar-refractivity contribution in [1.82, 2.24) is 0 Å². The van der Waals surface area contributed by atoms with E-state index in [0.717, 1.165) is 32.1 Å². The summed E-state index contributed by atoms with van der Waals surface area (Å²) in [5.41, 5.74) is -0.411. The van der Waals surface area contributed by atoms with Gasteiger partial charge in [-0.3, -0.25) is 14.9 Å². The molecular weight excluding hydrogens is 366 g/mol. The predicted octanol–water partition coefficient (Wildman–Crippen LogP) is 2.78. The van der Waals surface area contributed by atoms with E-state index in [0.29, 0.717) is 11.1 Å². The monoisotopic (exact) mass is 389 g/mol. The molecule has 3 rings (SSSR count). The second-order valence-corrected chi connectivity index (χ2v) is 7.37. The highest BCUT2D eigenvalue weighted by molar-refractivity contribution is 5.96. The van der Waals surface area contributed by atoms with Crippen LogP contribution in [-0.4, -0.2) is 40.8 Å². The fraction of sp³-hybridized carbons (Fsp3) is 0.500. The Balaban J connectivity index is 1.65. The number of esters is 2. The molecule has 150 valence electrons. The molecule has 8 heteroatoms. The maximum atomic E-state index is 12.2. The molecule has 1 unspecified atom stereocenters. The first kappa shape index (κ1) is 20.0. The van der Waals surface area contributed by atoms with Crippen LogP contribution in [-0.2, 0) is 19.1 Å². The molecule has 8 nitrogen and oxygen atoms in total. The van der Waals surface area contributed by atoms with Crippen molar-refractivity contribution >= 4 is 23.7 Å². The van der Waals surface area contributed by atoms with Crippen LogP contribution >= 0.6 is 0 Å². The average Bonchev–Trinajstić information content (AvgIpc) is 3.03. The van der Waals surface area contributed by atoms with Crippen molar-refractivity contribution in [2.75, 3.05) is 13.2 Å². The Morgan fingerprint density at radius 2 is 1.96 bits per heavy atom. The molecule has 1 aliphatic carbocycles. The first-order valence-corrected chi connectivity index (χ1v) is 9.38. The van der Waals surface area contributed by atoms with Gasteiger partial charge in [-0.2, -0.15) is 0 Å². The lowest BCUT2D eigenvalue weighted by Gasteiger charge is -2.26. The molecule has 1 saturated heterocycles. The Hall–Kier alpha value is -2.74. The maximum Gasteiger partial charge on any atom is 0.334 e. The van der Waals surface area contributed by atoms with Gasteiger partial charge in [0.15, 0.2) is 5.60 Å². The number of carbonyl (C=O) groups is 2. The fourth-order valence-electron chi connectivity index (χ4n) is 3.59. The Morgan fingerprint density at radius 1 is 1.29 bits per heavy atom. The number of non-ortho nitro benzene ring substituents is 1. The molecule has 28 heavy (non-hydrogen) atoms. The lowest BCUT2D eigenvalue weighted by molar-refractivity contribution is -0.384. The molecule has 0 amide bonds. The van der Waals surface area contributed by atoms with Crippen LogP contribution in [0.3, 0.4) is 0 Å². The third-order valence-electron chi connectivity index (χ3n) is 5.23. The smallest absolute Gasteiger partial charge is 0.334 e. The minimum absolute atomic E-state index is 0.0459. The second kappa shape index (κ2) is 8.52. The number of hydrogen-bond donors (Lipinski definition) is 1. The van der Waals surface area contributed by atoms with Gasteiger partial charge in [0.2, 0.25) is 0 Å². The summed E-state index contributed by atoms with van der Waals surface area (Å²) in [5, 5.41) is 20.5. The summed E-state index contributed by atoms with van der Waals surface area (Å²) in [6.45, 7) is -0.656. The maximum absolute atomic E-state index is 12.2. The van der Waals surface area contributed by atoms with Gasteiger partial charge in [-0.05, 0) is 36.6 Å². The van der Waals surface area contributed by atoms with Gasteiger partial charge in [-0.1, -0.05) is 19.3 Å². The van der Waals surface area contributed by atoms with Gasteiger partial charge in [0.1, 0.15) is 6.61 Å². The first-order chi connectivity index (χ1) is 13.4. The zero-order valence-electron chi connectivity index (χ0n) is 15.5. The van der Waals surface area contributed by atoms with Gasteiger partial charge in [0.05, 0.1) is 17.4 Å².